The molecule has 5 rings (SSSR count). The Kier molecular flexibility index (Phi) is 8.16. The van der Waals surface area contributed by atoms with Gasteiger partial charge in [-0.05, 0) is 30.3 Å². The summed E-state index contributed by atoms with van der Waals surface area (Å²) in [7, 11) is 1.42. The molecule has 3 aromatic heterocycles. The van der Waals surface area contributed by atoms with Gasteiger partial charge in [-0.1, -0.05) is 28.6 Å². The number of thioether (sulfide) groups is 1. The Morgan fingerprint density at radius 2 is 1.85 bits per heavy atom. The van der Waals surface area contributed by atoms with E-state index in [1.54, 1.807) is 30.6 Å². The highest BCUT2D eigenvalue weighted by molar-refractivity contribution is 8.00. The standard InChI is InChI=1S/C25H21ClF3N5O4S/c1-37-24-22(34-10-17(32-33-34)13-6-15(27)20(29)16(28)7-13)23(36)18(11-35)38-25(24)39-19-8-14(26)9-31-21(19)12-2-4-30-5-3-12/h2-10,18,22-25,35-36H,11H2,1H3/t18-,22+,23+,24-,25-/m1/s1. The van der Waals surface area contributed by atoms with Gasteiger partial charge in [0.15, 0.2) is 17.5 Å². The first-order valence-corrected chi connectivity index (χ1v) is 12.8. The number of halogens is 4. The van der Waals surface area contributed by atoms with Gasteiger partial charge in [0.1, 0.15) is 35.5 Å². The summed E-state index contributed by atoms with van der Waals surface area (Å²) in [5.41, 5.74) is 0.575. The molecule has 39 heavy (non-hydrogen) atoms. The third-order valence-electron chi connectivity index (χ3n) is 6.21. The molecule has 1 aliphatic heterocycles. The second kappa shape index (κ2) is 11.6. The number of hydrogen-bond donors (Lipinski definition) is 2. The molecule has 0 unspecified atom stereocenters. The minimum absolute atomic E-state index is 0.0325. The van der Waals surface area contributed by atoms with E-state index in [1.807, 2.05) is 0 Å². The molecular weight excluding hydrogens is 559 g/mol. The van der Waals surface area contributed by atoms with Crippen molar-refractivity contribution in [2.24, 2.45) is 0 Å². The van der Waals surface area contributed by atoms with Gasteiger partial charge in [0.2, 0.25) is 0 Å². The van der Waals surface area contributed by atoms with Crippen LogP contribution in [0.4, 0.5) is 13.2 Å². The molecule has 1 aliphatic rings. The molecule has 1 fully saturated rings. The minimum Gasteiger partial charge on any atom is -0.394 e. The van der Waals surface area contributed by atoms with E-state index in [0.717, 1.165) is 17.7 Å². The van der Waals surface area contributed by atoms with E-state index in [-0.39, 0.29) is 11.3 Å². The predicted molar refractivity (Wildman–Crippen MR) is 135 cm³/mol. The molecule has 0 aliphatic carbocycles. The number of hydrogen-bond acceptors (Lipinski definition) is 9. The molecule has 0 radical (unpaired) electrons. The van der Waals surface area contributed by atoms with Crippen molar-refractivity contribution >= 4 is 23.4 Å². The summed E-state index contributed by atoms with van der Waals surface area (Å²) in [6.07, 6.45) is 2.92. The summed E-state index contributed by atoms with van der Waals surface area (Å²) in [5, 5.41) is 29.4. The lowest BCUT2D eigenvalue weighted by atomic mass is 9.97. The van der Waals surface area contributed by atoms with Crippen LogP contribution in [0.1, 0.15) is 6.04 Å². The lowest BCUT2D eigenvalue weighted by Crippen LogP contribution is -2.55. The van der Waals surface area contributed by atoms with E-state index in [9.17, 15) is 23.4 Å². The Morgan fingerprint density at radius 1 is 1.13 bits per heavy atom. The van der Waals surface area contributed by atoms with Crippen LogP contribution in [0.15, 0.2) is 60.0 Å². The van der Waals surface area contributed by atoms with Crippen molar-refractivity contribution in [3.8, 4) is 22.5 Å². The van der Waals surface area contributed by atoms with Crippen molar-refractivity contribution in [1.82, 2.24) is 25.0 Å². The quantitative estimate of drug-likeness (QED) is 0.315. The van der Waals surface area contributed by atoms with Gasteiger partial charge in [-0.3, -0.25) is 9.97 Å². The zero-order valence-corrected chi connectivity index (χ0v) is 21.7. The third-order valence-corrected chi connectivity index (χ3v) is 7.59. The maximum Gasteiger partial charge on any atom is 0.194 e. The maximum atomic E-state index is 13.8. The lowest BCUT2D eigenvalue weighted by Gasteiger charge is -2.43. The number of ether oxygens (including phenoxy) is 2. The summed E-state index contributed by atoms with van der Waals surface area (Å²) >= 11 is 7.47. The topological polar surface area (TPSA) is 115 Å². The van der Waals surface area contributed by atoms with E-state index in [0.29, 0.717) is 15.6 Å². The summed E-state index contributed by atoms with van der Waals surface area (Å²) in [6, 6.07) is 5.94. The number of pyridine rings is 2. The van der Waals surface area contributed by atoms with E-state index < -0.39 is 53.8 Å². The van der Waals surface area contributed by atoms with Crippen LogP contribution in [0.5, 0.6) is 0 Å². The van der Waals surface area contributed by atoms with Crippen molar-refractivity contribution in [3.63, 3.8) is 0 Å². The highest BCUT2D eigenvalue weighted by Crippen LogP contribution is 2.42. The minimum atomic E-state index is -1.60. The molecule has 0 spiro atoms. The SMILES string of the molecule is CO[C@@H]1[C@@H](n2cc(-c3cc(F)c(F)c(F)c3)nn2)[C@@H](O)[C@@H](CO)O[C@@H]1Sc1cc(Cl)cnc1-c1ccncc1. The fourth-order valence-electron chi connectivity index (χ4n) is 4.33. The largest absolute Gasteiger partial charge is 0.394 e. The van der Waals surface area contributed by atoms with Gasteiger partial charge in [-0.25, -0.2) is 17.9 Å². The maximum absolute atomic E-state index is 13.8. The fraction of sp³-hybridized carbons (Fsp3) is 0.280. The Hall–Kier alpha value is -3.07. The molecular formula is C25H21ClF3N5O4S. The van der Waals surface area contributed by atoms with Gasteiger partial charge in [0, 0.05) is 41.7 Å². The van der Waals surface area contributed by atoms with Gasteiger partial charge >= 0.3 is 0 Å². The number of nitrogens with zero attached hydrogens (tertiary/aromatic N) is 5. The zero-order valence-electron chi connectivity index (χ0n) is 20.2. The first kappa shape index (κ1) is 27.5. The first-order valence-electron chi connectivity index (χ1n) is 11.6. The normalized spacial score (nSPS) is 23.2. The molecule has 4 aromatic rings. The predicted octanol–water partition coefficient (Wildman–Crippen LogP) is 3.90. The second-order valence-electron chi connectivity index (χ2n) is 8.60. The molecule has 204 valence electrons. The molecule has 9 nitrogen and oxygen atoms in total. The Balaban J connectivity index is 1.50. The van der Waals surface area contributed by atoms with Gasteiger partial charge in [0.25, 0.3) is 0 Å². The van der Waals surface area contributed by atoms with Crippen molar-refractivity contribution in [2.45, 2.75) is 34.7 Å². The average Bonchev–Trinajstić information content (AvgIpc) is 3.42. The van der Waals surface area contributed by atoms with Gasteiger partial charge < -0.3 is 19.7 Å². The highest BCUT2D eigenvalue weighted by Gasteiger charge is 2.47. The highest BCUT2D eigenvalue weighted by atomic mass is 35.5. The van der Waals surface area contributed by atoms with E-state index in [2.05, 4.69) is 20.3 Å². The van der Waals surface area contributed by atoms with Gasteiger partial charge in [-0.2, -0.15) is 0 Å². The Morgan fingerprint density at radius 3 is 2.51 bits per heavy atom. The van der Waals surface area contributed by atoms with Crippen molar-refractivity contribution in [2.75, 3.05) is 13.7 Å². The van der Waals surface area contributed by atoms with Crippen LogP contribution in [-0.4, -0.2) is 72.6 Å². The van der Waals surface area contributed by atoms with Crippen LogP contribution >= 0.6 is 23.4 Å². The third kappa shape index (κ3) is 5.51. The molecule has 1 saturated heterocycles. The first-order chi connectivity index (χ1) is 18.8. The number of aliphatic hydroxyl groups excluding tert-OH is 2. The molecule has 14 heteroatoms. The molecule has 5 atom stereocenters. The summed E-state index contributed by atoms with van der Waals surface area (Å²) < 4.78 is 54.1. The van der Waals surface area contributed by atoms with E-state index >= 15 is 0 Å². The molecule has 2 N–H and O–H groups in total. The molecule has 0 amide bonds. The van der Waals surface area contributed by atoms with Crippen LogP contribution in [0, 0.1) is 17.5 Å². The van der Waals surface area contributed by atoms with Crippen LogP contribution < -0.4 is 0 Å². The number of benzene rings is 1. The molecule has 4 heterocycles. The number of aromatic nitrogens is 5. The van der Waals surface area contributed by atoms with Crippen molar-refractivity contribution in [1.29, 1.82) is 0 Å². The van der Waals surface area contributed by atoms with Crippen LogP contribution in [0.2, 0.25) is 5.02 Å². The summed E-state index contributed by atoms with van der Waals surface area (Å²) in [4.78, 5) is 9.14. The van der Waals surface area contributed by atoms with Crippen molar-refractivity contribution in [3.05, 3.63) is 77.6 Å². The van der Waals surface area contributed by atoms with Gasteiger partial charge in [-0.15, -0.1) is 5.10 Å². The summed E-state index contributed by atoms with van der Waals surface area (Å²) in [5.74, 6) is -4.35. The van der Waals surface area contributed by atoms with Crippen LogP contribution in [0.25, 0.3) is 22.5 Å². The van der Waals surface area contributed by atoms with Gasteiger partial charge in [0.05, 0.1) is 23.5 Å². The van der Waals surface area contributed by atoms with E-state index in [4.69, 9.17) is 21.1 Å². The van der Waals surface area contributed by atoms with E-state index in [1.165, 1.54) is 35.9 Å². The molecule has 0 bridgehead atoms. The number of methoxy groups -OCH3 is 1. The molecule has 0 saturated carbocycles. The lowest BCUT2D eigenvalue weighted by molar-refractivity contribution is -0.186. The zero-order chi connectivity index (χ0) is 27.7. The van der Waals surface area contributed by atoms with Crippen LogP contribution in [0.3, 0.4) is 0 Å². The smallest absolute Gasteiger partial charge is 0.194 e. The number of rotatable bonds is 7. The van der Waals surface area contributed by atoms with Crippen molar-refractivity contribution < 1.29 is 32.9 Å². The van der Waals surface area contributed by atoms with Crippen LogP contribution in [-0.2, 0) is 9.47 Å². The second-order valence-corrected chi connectivity index (χ2v) is 10.2. The fourth-order valence-corrected chi connectivity index (χ4v) is 5.88. The molecule has 1 aromatic carbocycles. The summed E-state index contributed by atoms with van der Waals surface area (Å²) in [6.45, 7) is -0.522. The monoisotopic (exact) mass is 579 g/mol. The Bertz CT molecular complexity index is 1440. The average molecular weight is 580 g/mol. The number of aliphatic hydroxyl groups is 2. The Labute approximate surface area is 229 Å².